The lowest BCUT2D eigenvalue weighted by molar-refractivity contribution is -0.147. The van der Waals surface area contributed by atoms with Crippen LogP contribution < -0.4 is 0 Å². The van der Waals surface area contributed by atoms with E-state index in [1.54, 1.807) is 40.8 Å². The van der Waals surface area contributed by atoms with Gasteiger partial charge in [0.05, 0.1) is 29.2 Å². The molecule has 3 heterocycles. The third kappa shape index (κ3) is 5.31. The lowest BCUT2D eigenvalue weighted by Gasteiger charge is -2.42. The SMILES string of the molecule is C=CCN(C)C(=O)[C@H]1[C@H]2C(=O)N([C@@H](CO)Cc3ccccc3)C(C(=O)N(CC=C)C3CCCCC3)C23CC(Br)[C@@H]1S3. The number of aliphatic hydroxyl groups excluding tert-OH is 1. The Balaban J connectivity index is 1.59. The van der Waals surface area contributed by atoms with Crippen LogP contribution in [-0.4, -0.2) is 97.2 Å². The Kier molecular flexibility index (Phi) is 9.36. The molecule has 9 heteroatoms. The minimum Gasteiger partial charge on any atom is -0.394 e. The summed E-state index contributed by atoms with van der Waals surface area (Å²) in [6.45, 7) is 8.29. The maximum Gasteiger partial charge on any atom is 0.247 e. The van der Waals surface area contributed by atoms with Crippen molar-refractivity contribution < 1.29 is 19.5 Å². The van der Waals surface area contributed by atoms with Crippen LogP contribution in [0.3, 0.4) is 0 Å². The molecule has 3 saturated heterocycles. The maximum absolute atomic E-state index is 14.9. The first kappa shape index (κ1) is 30.4. The highest BCUT2D eigenvalue weighted by Gasteiger charge is 2.76. The Morgan fingerprint density at radius 1 is 1.15 bits per heavy atom. The molecule has 3 unspecified atom stereocenters. The van der Waals surface area contributed by atoms with Gasteiger partial charge in [-0.05, 0) is 31.2 Å². The van der Waals surface area contributed by atoms with E-state index in [2.05, 4.69) is 29.1 Å². The van der Waals surface area contributed by atoms with Crippen molar-refractivity contribution in [3.63, 3.8) is 0 Å². The van der Waals surface area contributed by atoms with Gasteiger partial charge >= 0.3 is 0 Å². The Morgan fingerprint density at radius 2 is 1.83 bits per heavy atom. The summed E-state index contributed by atoms with van der Waals surface area (Å²) in [6.07, 6.45) is 9.72. The van der Waals surface area contributed by atoms with E-state index in [4.69, 9.17) is 0 Å². The molecule has 3 aliphatic heterocycles. The van der Waals surface area contributed by atoms with Crippen molar-refractivity contribution in [2.24, 2.45) is 11.8 Å². The van der Waals surface area contributed by atoms with E-state index in [0.717, 1.165) is 31.2 Å². The third-order valence-electron chi connectivity index (χ3n) is 9.57. The van der Waals surface area contributed by atoms with E-state index in [-0.39, 0.29) is 40.4 Å². The molecule has 1 N–H and O–H groups in total. The number of benzene rings is 1. The third-order valence-corrected chi connectivity index (χ3v) is 12.8. The summed E-state index contributed by atoms with van der Waals surface area (Å²) in [5.41, 5.74) is 0.990. The molecular weight excluding hydrogens is 602 g/mol. The Labute approximate surface area is 256 Å². The molecule has 1 aliphatic carbocycles. The lowest BCUT2D eigenvalue weighted by atomic mass is 9.70. The first-order chi connectivity index (χ1) is 19.8. The molecule has 0 aromatic heterocycles. The van der Waals surface area contributed by atoms with E-state index < -0.39 is 28.7 Å². The topological polar surface area (TPSA) is 81.2 Å². The zero-order chi connectivity index (χ0) is 29.3. The van der Waals surface area contributed by atoms with Crippen LogP contribution in [0.25, 0.3) is 0 Å². The van der Waals surface area contributed by atoms with E-state index in [0.29, 0.717) is 25.9 Å². The van der Waals surface area contributed by atoms with Crippen molar-refractivity contribution in [3.8, 4) is 0 Å². The van der Waals surface area contributed by atoms with Gasteiger partial charge in [-0.1, -0.05) is 77.7 Å². The molecule has 1 spiro atoms. The van der Waals surface area contributed by atoms with Gasteiger partial charge in [0, 0.05) is 36.3 Å². The number of hydrogen-bond acceptors (Lipinski definition) is 5. The standard InChI is InChI=1S/C32H42BrN3O4S/c1-4-16-34(3)29(38)25-26-30(39)36(23(20-37)18-21-12-8-6-9-13-21)28(32(26)19-24(33)27(25)41-32)31(40)35(17-5-2)22-14-10-7-11-15-22/h4-6,8-9,12-13,22-28,37H,1-2,7,10-11,14-20H2,3H3/t23-,24?,25+,26+,27+,28?,32?/m1/s1. The number of nitrogens with zero attached hydrogens (tertiary/aromatic N) is 3. The van der Waals surface area contributed by atoms with E-state index in [1.807, 2.05) is 35.2 Å². The summed E-state index contributed by atoms with van der Waals surface area (Å²) in [4.78, 5) is 48.7. The van der Waals surface area contributed by atoms with Crippen LogP contribution in [0.4, 0.5) is 0 Å². The van der Waals surface area contributed by atoms with Gasteiger partial charge in [-0.25, -0.2) is 0 Å². The number of hydrogen-bond donors (Lipinski definition) is 1. The van der Waals surface area contributed by atoms with Crippen molar-refractivity contribution in [2.75, 3.05) is 26.7 Å². The van der Waals surface area contributed by atoms with Gasteiger partial charge < -0.3 is 19.8 Å². The Hall–Kier alpha value is -2.10. The summed E-state index contributed by atoms with van der Waals surface area (Å²) in [6, 6.07) is 8.55. The van der Waals surface area contributed by atoms with E-state index >= 15 is 0 Å². The molecule has 1 saturated carbocycles. The largest absolute Gasteiger partial charge is 0.394 e. The molecule has 4 aliphatic rings. The zero-order valence-electron chi connectivity index (χ0n) is 23.9. The number of likely N-dealkylation sites (N-methyl/N-ethyl adjacent to an activating group) is 1. The van der Waals surface area contributed by atoms with Crippen LogP contribution >= 0.6 is 27.7 Å². The zero-order valence-corrected chi connectivity index (χ0v) is 26.3. The van der Waals surface area contributed by atoms with Crippen LogP contribution in [-0.2, 0) is 20.8 Å². The van der Waals surface area contributed by atoms with Crippen molar-refractivity contribution in [1.29, 1.82) is 0 Å². The number of carbonyl (C=O) groups excluding carboxylic acids is 3. The molecule has 2 bridgehead atoms. The summed E-state index contributed by atoms with van der Waals surface area (Å²) in [5.74, 6) is -1.50. The summed E-state index contributed by atoms with van der Waals surface area (Å²) in [7, 11) is 1.75. The van der Waals surface area contributed by atoms with Gasteiger partial charge in [-0.2, -0.15) is 0 Å². The molecule has 7 nitrogen and oxygen atoms in total. The predicted octanol–water partition coefficient (Wildman–Crippen LogP) is 4.05. The minimum absolute atomic E-state index is 0.00196. The summed E-state index contributed by atoms with van der Waals surface area (Å²) in [5, 5.41) is 10.6. The second kappa shape index (κ2) is 12.6. The molecule has 3 amide bonds. The fourth-order valence-electron chi connectivity index (χ4n) is 7.81. The molecule has 7 atom stereocenters. The quantitative estimate of drug-likeness (QED) is 0.291. The molecular formula is C32H42BrN3O4S. The first-order valence-electron chi connectivity index (χ1n) is 14.8. The molecule has 0 radical (unpaired) electrons. The van der Waals surface area contributed by atoms with Gasteiger partial charge in [0.15, 0.2) is 0 Å². The lowest BCUT2D eigenvalue weighted by Crippen LogP contribution is -2.60. The number of thioether (sulfide) groups is 1. The summed E-state index contributed by atoms with van der Waals surface area (Å²) >= 11 is 5.51. The second-order valence-electron chi connectivity index (χ2n) is 12.0. The van der Waals surface area contributed by atoms with Gasteiger partial charge in [0.2, 0.25) is 17.7 Å². The van der Waals surface area contributed by atoms with Gasteiger partial charge in [-0.3, -0.25) is 14.4 Å². The first-order valence-corrected chi connectivity index (χ1v) is 16.6. The average Bonchev–Trinajstić information content (AvgIpc) is 3.58. The number of fused-ring (bicyclic) bond motifs is 1. The van der Waals surface area contributed by atoms with Crippen LogP contribution in [0.1, 0.15) is 44.1 Å². The number of amides is 3. The molecule has 41 heavy (non-hydrogen) atoms. The van der Waals surface area contributed by atoms with Crippen molar-refractivity contribution >= 4 is 45.4 Å². The van der Waals surface area contributed by atoms with E-state index in [1.165, 1.54) is 6.42 Å². The number of carbonyl (C=O) groups is 3. The number of alkyl halides is 1. The number of halogens is 1. The molecule has 1 aromatic carbocycles. The number of aliphatic hydroxyl groups is 1. The average molecular weight is 645 g/mol. The highest BCUT2D eigenvalue weighted by molar-refractivity contribution is 9.09. The Morgan fingerprint density at radius 3 is 2.46 bits per heavy atom. The van der Waals surface area contributed by atoms with Crippen molar-refractivity contribution in [2.45, 2.75) is 77.9 Å². The van der Waals surface area contributed by atoms with E-state index in [9.17, 15) is 19.5 Å². The highest BCUT2D eigenvalue weighted by Crippen LogP contribution is 2.68. The molecule has 1 aromatic rings. The predicted molar refractivity (Wildman–Crippen MR) is 167 cm³/mol. The smallest absolute Gasteiger partial charge is 0.247 e. The fourth-order valence-corrected chi connectivity index (χ4v) is 11.4. The van der Waals surface area contributed by atoms with Gasteiger partial charge in [0.25, 0.3) is 0 Å². The van der Waals surface area contributed by atoms with Gasteiger partial charge in [-0.15, -0.1) is 24.9 Å². The number of rotatable bonds is 11. The summed E-state index contributed by atoms with van der Waals surface area (Å²) < 4.78 is -0.749. The molecule has 4 fully saturated rings. The number of likely N-dealkylation sites (tertiary alicyclic amines) is 1. The van der Waals surface area contributed by atoms with Crippen molar-refractivity contribution in [3.05, 3.63) is 61.2 Å². The van der Waals surface area contributed by atoms with Gasteiger partial charge in [0.1, 0.15) is 6.04 Å². The minimum atomic E-state index is -0.764. The van der Waals surface area contributed by atoms with Crippen LogP contribution in [0.2, 0.25) is 0 Å². The second-order valence-corrected chi connectivity index (χ2v) is 14.7. The Bertz CT molecular complexity index is 1160. The molecule has 5 rings (SSSR count). The van der Waals surface area contributed by atoms with Crippen LogP contribution in [0, 0.1) is 11.8 Å². The fraction of sp³-hybridized carbons (Fsp3) is 0.594. The monoisotopic (exact) mass is 643 g/mol. The van der Waals surface area contributed by atoms with Crippen molar-refractivity contribution in [1.82, 2.24) is 14.7 Å². The normalized spacial score (nSPS) is 31.5. The van der Waals surface area contributed by atoms with Crippen LogP contribution in [0.15, 0.2) is 55.6 Å². The highest BCUT2D eigenvalue weighted by atomic mass is 79.9. The maximum atomic E-state index is 14.9. The molecule has 222 valence electrons. The van der Waals surface area contributed by atoms with Crippen LogP contribution in [0.5, 0.6) is 0 Å².